The monoisotopic (exact) mass is 264 g/mol. The van der Waals surface area contributed by atoms with Gasteiger partial charge in [0.1, 0.15) is 5.75 Å². The van der Waals surface area contributed by atoms with E-state index in [0.29, 0.717) is 13.0 Å². The van der Waals surface area contributed by atoms with E-state index in [9.17, 15) is 4.79 Å². The molecule has 1 aromatic rings. The van der Waals surface area contributed by atoms with Crippen molar-refractivity contribution in [3.63, 3.8) is 0 Å². The minimum Gasteiger partial charge on any atom is -0.491 e. The molecule has 19 heavy (non-hydrogen) atoms. The number of nitrogens with one attached hydrogen (secondary N) is 2. The third kappa shape index (κ3) is 6.70. The topological polar surface area (TPSA) is 50.4 Å². The normalized spacial score (nSPS) is 10.6. The first-order valence-corrected chi connectivity index (χ1v) is 6.77. The molecule has 1 aromatic carbocycles. The second-order valence-corrected chi connectivity index (χ2v) is 5.09. The van der Waals surface area contributed by atoms with Crippen molar-refractivity contribution in [1.82, 2.24) is 5.32 Å². The first kappa shape index (κ1) is 15.3. The minimum atomic E-state index is 0.0715. The maximum absolute atomic E-state index is 11.4. The van der Waals surface area contributed by atoms with E-state index in [2.05, 4.69) is 10.6 Å². The van der Waals surface area contributed by atoms with Crippen molar-refractivity contribution in [1.29, 1.82) is 0 Å². The highest BCUT2D eigenvalue weighted by atomic mass is 16.5. The van der Waals surface area contributed by atoms with Gasteiger partial charge in [-0.05, 0) is 52.0 Å². The van der Waals surface area contributed by atoms with Crippen LogP contribution >= 0.6 is 0 Å². The van der Waals surface area contributed by atoms with E-state index in [0.717, 1.165) is 11.4 Å². The number of hydrogen-bond donors (Lipinski definition) is 2. The van der Waals surface area contributed by atoms with Crippen LogP contribution in [-0.4, -0.2) is 24.6 Å². The van der Waals surface area contributed by atoms with Gasteiger partial charge >= 0.3 is 0 Å². The van der Waals surface area contributed by atoms with E-state index in [-0.39, 0.29) is 18.1 Å². The smallest absolute Gasteiger partial charge is 0.221 e. The summed E-state index contributed by atoms with van der Waals surface area (Å²) in [6.45, 7) is 8.54. The maximum atomic E-state index is 11.4. The van der Waals surface area contributed by atoms with Crippen LogP contribution in [0.25, 0.3) is 0 Å². The lowest BCUT2D eigenvalue weighted by Crippen LogP contribution is -2.31. The molecule has 106 valence electrons. The summed E-state index contributed by atoms with van der Waals surface area (Å²) < 4.78 is 5.56. The van der Waals surface area contributed by atoms with Gasteiger partial charge in [-0.3, -0.25) is 4.79 Å². The molecule has 1 amide bonds. The largest absolute Gasteiger partial charge is 0.491 e. The number of hydrogen-bond acceptors (Lipinski definition) is 3. The number of ether oxygens (including phenoxy) is 1. The third-order valence-corrected chi connectivity index (χ3v) is 2.36. The molecule has 0 aliphatic carbocycles. The maximum Gasteiger partial charge on any atom is 0.221 e. The predicted molar refractivity (Wildman–Crippen MR) is 78.6 cm³/mol. The molecule has 0 radical (unpaired) electrons. The minimum absolute atomic E-state index is 0.0715. The Morgan fingerprint density at radius 1 is 1.16 bits per heavy atom. The molecule has 0 bridgehead atoms. The zero-order valence-corrected chi connectivity index (χ0v) is 12.2. The van der Waals surface area contributed by atoms with Crippen LogP contribution in [0.5, 0.6) is 5.75 Å². The SMILES string of the molecule is CC(C)NC(=O)CCNc1ccc(OC(C)C)cc1. The molecule has 4 nitrogen and oxygen atoms in total. The van der Waals surface area contributed by atoms with Crippen molar-refractivity contribution in [3.8, 4) is 5.75 Å². The molecule has 0 aromatic heterocycles. The van der Waals surface area contributed by atoms with E-state index in [1.54, 1.807) is 0 Å². The molecule has 0 fully saturated rings. The summed E-state index contributed by atoms with van der Waals surface area (Å²) in [7, 11) is 0. The number of carbonyl (C=O) groups excluding carboxylic acids is 1. The predicted octanol–water partition coefficient (Wildman–Crippen LogP) is 2.80. The fraction of sp³-hybridized carbons (Fsp3) is 0.533. The highest BCUT2D eigenvalue weighted by molar-refractivity contribution is 5.76. The van der Waals surface area contributed by atoms with Crippen molar-refractivity contribution in [3.05, 3.63) is 24.3 Å². The number of benzene rings is 1. The van der Waals surface area contributed by atoms with E-state index in [1.165, 1.54) is 0 Å². The van der Waals surface area contributed by atoms with Crippen molar-refractivity contribution >= 4 is 11.6 Å². The summed E-state index contributed by atoms with van der Waals surface area (Å²) in [4.78, 5) is 11.4. The summed E-state index contributed by atoms with van der Waals surface area (Å²) in [6, 6.07) is 7.96. The highest BCUT2D eigenvalue weighted by Gasteiger charge is 2.03. The quantitative estimate of drug-likeness (QED) is 0.796. The van der Waals surface area contributed by atoms with Gasteiger partial charge in [0.15, 0.2) is 0 Å². The van der Waals surface area contributed by atoms with Crippen LogP contribution in [-0.2, 0) is 4.79 Å². The third-order valence-electron chi connectivity index (χ3n) is 2.36. The lowest BCUT2D eigenvalue weighted by atomic mass is 10.3. The van der Waals surface area contributed by atoms with Crippen LogP contribution in [0.3, 0.4) is 0 Å². The van der Waals surface area contributed by atoms with Gasteiger partial charge in [0, 0.05) is 24.7 Å². The average molecular weight is 264 g/mol. The van der Waals surface area contributed by atoms with Crippen LogP contribution in [0, 0.1) is 0 Å². The number of amides is 1. The standard InChI is InChI=1S/C15H24N2O2/c1-11(2)17-15(18)9-10-16-13-5-7-14(8-6-13)19-12(3)4/h5-8,11-12,16H,9-10H2,1-4H3,(H,17,18). The molecule has 4 heteroatoms. The van der Waals surface area contributed by atoms with Crippen molar-refractivity contribution in [2.24, 2.45) is 0 Å². The van der Waals surface area contributed by atoms with E-state index < -0.39 is 0 Å². The number of anilines is 1. The van der Waals surface area contributed by atoms with Gasteiger partial charge in [-0.1, -0.05) is 0 Å². The van der Waals surface area contributed by atoms with Gasteiger partial charge in [0.05, 0.1) is 6.10 Å². The van der Waals surface area contributed by atoms with Gasteiger partial charge in [0.2, 0.25) is 5.91 Å². The first-order valence-electron chi connectivity index (χ1n) is 6.77. The second-order valence-electron chi connectivity index (χ2n) is 5.09. The Labute approximate surface area is 115 Å². The fourth-order valence-electron chi connectivity index (χ4n) is 1.64. The Bertz CT molecular complexity index is 386. The van der Waals surface area contributed by atoms with Crippen molar-refractivity contribution in [2.45, 2.75) is 46.3 Å². The molecular weight excluding hydrogens is 240 g/mol. The zero-order valence-electron chi connectivity index (χ0n) is 12.2. The van der Waals surface area contributed by atoms with Gasteiger partial charge in [-0.15, -0.1) is 0 Å². The van der Waals surface area contributed by atoms with Gasteiger partial charge < -0.3 is 15.4 Å². The van der Waals surface area contributed by atoms with Gasteiger partial charge in [-0.25, -0.2) is 0 Å². The average Bonchev–Trinajstić information content (AvgIpc) is 2.29. The summed E-state index contributed by atoms with van der Waals surface area (Å²) >= 11 is 0. The molecule has 1 rings (SSSR count). The van der Waals surface area contributed by atoms with E-state index >= 15 is 0 Å². The lowest BCUT2D eigenvalue weighted by molar-refractivity contribution is -0.121. The summed E-state index contributed by atoms with van der Waals surface area (Å²) in [5, 5.41) is 6.07. The Morgan fingerprint density at radius 3 is 2.32 bits per heavy atom. The number of carbonyl (C=O) groups is 1. The molecule has 2 N–H and O–H groups in total. The Balaban J connectivity index is 2.32. The summed E-state index contributed by atoms with van der Waals surface area (Å²) in [6.07, 6.45) is 0.654. The highest BCUT2D eigenvalue weighted by Crippen LogP contribution is 2.16. The second kappa shape index (κ2) is 7.67. The van der Waals surface area contributed by atoms with Gasteiger partial charge in [0.25, 0.3) is 0 Å². The number of rotatable bonds is 7. The zero-order chi connectivity index (χ0) is 14.3. The van der Waals surface area contributed by atoms with Crippen molar-refractivity contribution in [2.75, 3.05) is 11.9 Å². The molecule has 0 spiro atoms. The summed E-state index contributed by atoms with van der Waals surface area (Å²) in [5.74, 6) is 0.931. The van der Waals surface area contributed by atoms with Crippen LogP contribution in [0.15, 0.2) is 24.3 Å². The lowest BCUT2D eigenvalue weighted by Gasteiger charge is -2.11. The Kier molecular flexibility index (Phi) is 6.19. The molecule has 0 unspecified atom stereocenters. The van der Waals surface area contributed by atoms with Crippen LogP contribution < -0.4 is 15.4 Å². The molecule has 0 saturated carbocycles. The molecule has 0 atom stereocenters. The first-order chi connectivity index (χ1) is 8.97. The Hall–Kier alpha value is -1.71. The van der Waals surface area contributed by atoms with E-state index in [1.807, 2.05) is 52.0 Å². The molecule has 0 saturated heterocycles. The van der Waals surface area contributed by atoms with Gasteiger partial charge in [-0.2, -0.15) is 0 Å². The van der Waals surface area contributed by atoms with Crippen molar-refractivity contribution < 1.29 is 9.53 Å². The van der Waals surface area contributed by atoms with Crippen LogP contribution in [0.1, 0.15) is 34.1 Å². The molecule has 0 aliphatic rings. The molecule has 0 aliphatic heterocycles. The van der Waals surface area contributed by atoms with Crippen LogP contribution in [0.4, 0.5) is 5.69 Å². The van der Waals surface area contributed by atoms with E-state index in [4.69, 9.17) is 4.74 Å². The fourth-order valence-corrected chi connectivity index (χ4v) is 1.64. The molecule has 0 heterocycles. The van der Waals surface area contributed by atoms with Crippen LogP contribution in [0.2, 0.25) is 0 Å². The summed E-state index contributed by atoms with van der Waals surface area (Å²) in [5.41, 5.74) is 0.994. The Morgan fingerprint density at radius 2 is 1.79 bits per heavy atom. The molecular formula is C15H24N2O2.